The van der Waals surface area contributed by atoms with Gasteiger partial charge in [-0.3, -0.25) is 0 Å². The smallest absolute Gasteiger partial charge is 0.234 e. The predicted molar refractivity (Wildman–Crippen MR) is 70.9 cm³/mol. The lowest BCUT2D eigenvalue weighted by Crippen LogP contribution is -1.90. The van der Waals surface area contributed by atoms with Crippen LogP contribution in [0.1, 0.15) is 5.82 Å². The van der Waals surface area contributed by atoms with Crippen LogP contribution in [0.25, 0.3) is 15.5 Å². The van der Waals surface area contributed by atoms with Gasteiger partial charge in [-0.05, 0) is 25.1 Å². The SMILES string of the molecule is Cc1nnc2sc(-c3cc(N)cc(Br)c3)nn12. The van der Waals surface area contributed by atoms with Crippen LogP contribution in [0.4, 0.5) is 5.69 Å². The fraction of sp³-hybridized carbons (Fsp3) is 0.100. The second kappa shape index (κ2) is 3.78. The topological polar surface area (TPSA) is 69.1 Å². The van der Waals surface area contributed by atoms with E-state index in [1.165, 1.54) is 11.3 Å². The summed E-state index contributed by atoms with van der Waals surface area (Å²) in [7, 11) is 0. The average Bonchev–Trinajstić information content (AvgIpc) is 2.80. The van der Waals surface area contributed by atoms with Crippen molar-refractivity contribution in [3.63, 3.8) is 0 Å². The van der Waals surface area contributed by atoms with Crippen LogP contribution in [0.15, 0.2) is 22.7 Å². The number of nitrogens with two attached hydrogens (primary N) is 1. The van der Waals surface area contributed by atoms with Gasteiger partial charge in [0.15, 0.2) is 5.82 Å². The quantitative estimate of drug-likeness (QED) is 0.701. The number of fused-ring (bicyclic) bond motifs is 1. The minimum absolute atomic E-state index is 0.706. The Kier molecular flexibility index (Phi) is 2.37. The maximum atomic E-state index is 5.81. The summed E-state index contributed by atoms with van der Waals surface area (Å²) in [5, 5.41) is 13.3. The summed E-state index contributed by atoms with van der Waals surface area (Å²) >= 11 is 4.91. The fourth-order valence-electron chi connectivity index (χ4n) is 1.57. The molecule has 17 heavy (non-hydrogen) atoms. The molecule has 0 atom stereocenters. The average molecular weight is 310 g/mol. The van der Waals surface area contributed by atoms with Gasteiger partial charge in [-0.1, -0.05) is 27.3 Å². The maximum absolute atomic E-state index is 5.81. The molecule has 0 bridgehead atoms. The molecule has 2 N–H and O–H groups in total. The minimum Gasteiger partial charge on any atom is -0.399 e. The van der Waals surface area contributed by atoms with Crippen LogP contribution in [-0.4, -0.2) is 19.8 Å². The number of halogens is 1. The van der Waals surface area contributed by atoms with Crippen molar-refractivity contribution in [1.82, 2.24) is 19.8 Å². The molecular formula is C10H8BrN5S. The number of nitrogen functional groups attached to an aromatic ring is 1. The molecule has 0 saturated carbocycles. The summed E-state index contributed by atoms with van der Waals surface area (Å²) < 4.78 is 2.67. The molecule has 86 valence electrons. The molecule has 1 aromatic carbocycles. The highest BCUT2D eigenvalue weighted by Crippen LogP contribution is 2.29. The van der Waals surface area contributed by atoms with E-state index in [0.717, 1.165) is 25.8 Å². The van der Waals surface area contributed by atoms with Gasteiger partial charge in [0, 0.05) is 15.7 Å². The number of aryl methyl sites for hydroxylation is 1. The number of hydrogen-bond donors (Lipinski definition) is 1. The number of hydrogen-bond acceptors (Lipinski definition) is 5. The number of benzene rings is 1. The second-order valence-corrected chi connectivity index (χ2v) is 5.49. The van der Waals surface area contributed by atoms with E-state index in [9.17, 15) is 0 Å². The predicted octanol–water partition coefficient (Wildman–Crippen LogP) is 2.51. The summed E-state index contributed by atoms with van der Waals surface area (Å²) in [5.74, 6) is 0.783. The van der Waals surface area contributed by atoms with E-state index in [0.29, 0.717) is 5.69 Å². The van der Waals surface area contributed by atoms with Crippen LogP contribution >= 0.6 is 27.3 Å². The molecular weight excluding hydrogens is 302 g/mol. The van der Waals surface area contributed by atoms with Crippen molar-refractivity contribution in [3.8, 4) is 10.6 Å². The molecule has 0 saturated heterocycles. The van der Waals surface area contributed by atoms with Gasteiger partial charge in [-0.2, -0.15) is 9.61 Å². The third kappa shape index (κ3) is 1.81. The van der Waals surface area contributed by atoms with E-state index in [-0.39, 0.29) is 0 Å². The molecule has 7 heteroatoms. The van der Waals surface area contributed by atoms with Gasteiger partial charge >= 0.3 is 0 Å². The first-order valence-corrected chi connectivity index (χ1v) is 6.50. The van der Waals surface area contributed by atoms with Gasteiger partial charge < -0.3 is 5.73 Å². The van der Waals surface area contributed by atoms with E-state index >= 15 is 0 Å². The van der Waals surface area contributed by atoms with Crippen molar-refractivity contribution in [3.05, 3.63) is 28.5 Å². The van der Waals surface area contributed by atoms with E-state index in [2.05, 4.69) is 31.2 Å². The lowest BCUT2D eigenvalue weighted by Gasteiger charge is -1.99. The van der Waals surface area contributed by atoms with Gasteiger partial charge in [-0.15, -0.1) is 10.2 Å². The molecule has 0 amide bonds. The molecule has 2 heterocycles. The van der Waals surface area contributed by atoms with Gasteiger partial charge in [0.05, 0.1) is 0 Å². The molecule has 0 aliphatic rings. The molecule has 3 rings (SSSR count). The Labute approximate surface area is 109 Å². The zero-order chi connectivity index (χ0) is 12.0. The lowest BCUT2D eigenvalue weighted by molar-refractivity contribution is 0.898. The van der Waals surface area contributed by atoms with Crippen LogP contribution < -0.4 is 5.73 Å². The van der Waals surface area contributed by atoms with Crippen molar-refractivity contribution in [2.24, 2.45) is 0 Å². The highest BCUT2D eigenvalue weighted by molar-refractivity contribution is 9.10. The largest absolute Gasteiger partial charge is 0.399 e. The monoisotopic (exact) mass is 309 g/mol. The molecule has 0 spiro atoms. The van der Waals surface area contributed by atoms with E-state index < -0.39 is 0 Å². The second-order valence-electron chi connectivity index (χ2n) is 3.62. The van der Waals surface area contributed by atoms with Crippen molar-refractivity contribution in [2.75, 3.05) is 5.73 Å². The van der Waals surface area contributed by atoms with Crippen molar-refractivity contribution < 1.29 is 0 Å². The normalized spacial score (nSPS) is 11.2. The highest BCUT2D eigenvalue weighted by atomic mass is 79.9. The van der Waals surface area contributed by atoms with E-state index in [4.69, 9.17) is 5.73 Å². The van der Waals surface area contributed by atoms with Crippen molar-refractivity contribution in [2.45, 2.75) is 6.92 Å². The van der Waals surface area contributed by atoms with Gasteiger partial charge in [0.25, 0.3) is 0 Å². The molecule has 3 aromatic rings. The number of aromatic nitrogens is 4. The molecule has 0 radical (unpaired) electrons. The number of anilines is 1. The van der Waals surface area contributed by atoms with Crippen molar-refractivity contribution >= 4 is 37.9 Å². The Morgan fingerprint density at radius 1 is 1.29 bits per heavy atom. The number of nitrogens with zero attached hydrogens (tertiary/aromatic N) is 4. The van der Waals surface area contributed by atoms with Gasteiger partial charge in [-0.25, -0.2) is 0 Å². The minimum atomic E-state index is 0.706. The Balaban J connectivity index is 2.19. The van der Waals surface area contributed by atoms with Crippen LogP contribution in [0.5, 0.6) is 0 Å². The maximum Gasteiger partial charge on any atom is 0.234 e. The summed E-state index contributed by atoms with van der Waals surface area (Å²) in [5.41, 5.74) is 7.49. The van der Waals surface area contributed by atoms with E-state index in [1.54, 1.807) is 4.52 Å². The molecule has 0 unspecified atom stereocenters. The molecule has 2 aromatic heterocycles. The first kappa shape index (κ1) is 10.7. The zero-order valence-electron chi connectivity index (χ0n) is 8.88. The van der Waals surface area contributed by atoms with Crippen molar-refractivity contribution in [1.29, 1.82) is 0 Å². The standard InChI is InChI=1S/C10H8BrN5S/c1-5-13-14-10-16(5)15-9(17-10)6-2-7(11)4-8(12)3-6/h2-4H,12H2,1H3. The Bertz CT molecular complexity index is 682. The first-order chi connectivity index (χ1) is 8.13. The summed E-state index contributed by atoms with van der Waals surface area (Å²) in [6, 6.07) is 5.73. The number of rotatable bonds is 1. The Hall–Kier alpha value is -1.47. The van der Waals surface area contributed by atoms with Crippen LogP contribution in [0, 0.1) is 6.92 Å². The van der Waals surface area contributed by atoms with Crippen LogP contribution in [0.2, 0.25) is 0 Å². The molecule has 5 nitrogen and oxygen atoms in total. The summed E-state index contributed by atoms with van der Waals surface area (Å²) in [6.45, 7) is 1.87. The Morgan fingerprint density at radius 2 is 2.12 bits per heavy atom. The third-order valence-electron chi connectivity index (χ3n) is 2.31. The molecule has 0 aliphatic carbocycles. The van der Waals surface area contributed by atoms with E-state index in [1.807, 2.05) is 25.1 Å². The lowest BCUT2D eigenvalue weighted by atomic mass is 10.2. The van der Waals surface area contributed by atoms with Gasteiger partial charge in [0.2, 0.25) is 4.96 Å². The van der Waals surface area contributed by atoms with Gasteiger partial charge in [0.1, 0.15) is 5.01 Å². The summed E-state index contributed by atoms with van der Waals surface area (Å²) in [6.07, 6.45) is 0. The summed E-state index contributed by atoms with van der Waals surface area (Å²) in [4.78, 5) is 0.788. The fourth-order valence-corrected chi connectivity index (χ4v) is 2.95. The molecule has 0 fully saturated rings. The van der Waals surface area contributed by atoms with Crippen LogP contribution in [-0.2, 0) is 0 Å². The first-order valence-electron chi connectivity index (χ1n) is 4.89. The zero-order valence-corrected chi connectivity index (χ0v) is 11.3. The molecule has 0 aliphatic heterocycles. The Morgan fingerprint density at radius 3 is 2.82 bits per heavy atom. The highest BCUT2D eigenvalue weighted by Gasteiger charge is 2.11. The third-order valence-corrected chi connectivity index (χ3v) is 3.72. The van der Waals surface area contributed by atoms with Crippen LogP contribution in [0.3, 0.4) is 0 Å².